The van der Waals surface area contributed by atoms with Gasteiger partial charge in [-0.25, -0.2) is 0 Å². The Morgan fingerprint density at radius 1 is 1.46 bits per heavy atom. The lowest BCUT2D eigenvalue weighted by molar-refractivity contribution is 0.0653. The number of likely N-dealkylation sites (N-methyl/N-ethyl adjacent to an activating group) is 1. The zero-order valence-corrected chi connectivity index (χ0v) is 9.16. The molecule has 0 spiro atoms. The molecular weight excluding hydrogens is 162 g/mol. The van der Waals surface area contributed by atoms with Crippen LogP contribution in [0.25, 0.3) is 0 Å². The topological polar surface area (TPSA) is 32.5 Å². The second kappa shape index (κ2) is 4.94. The summed E-state index contributed by atoms with van der Waals surface area (Å²) in [6.45, 7) is 8.98. The predicted molar refractivity (Wildman–Crippen MR) is 56.8 cm³/mol. The van der Waals surface area contributed by atoms with Crippen LogP contribution in [-0.4, -0.2) is 55.1 Å². The Bertz CT molecular complexity index is 145. The van der Waals surface area contributed by atoms with E-state index in [1.165, 1.54) is 19.6 Å². The molecule has 0 aromatic heterocycles. The monoisotopic (exact) mass is 185 g/mol. The Hall–Kier alpha value is -0.120. The smallest absolute Gasteiger partial charge is 0.0198 e. The molecule has 0 saturated carbocycles. The summed E-state index contributed by atoms with van der Waals surface area (Å²) in [5.74, 6) is 0. The van der Waals surface area contributed by atoms with Gasteiger partial charge in [0.15, 0.2) is 0 Å². The number of rotatable bonds is 3. The first-order valence-corrected chi connectivity index (χ1v) is 5.29. The maximum absolute atomic E-state index is 5.57. The van der Waals surface area contributed by atoms with Crippen LogP contribution >= 0.6 is 0 Å². The Balaban J connectivity index is 2.40. The number of piperazine rings is 1. The average Bonchev–Trinajstić information content (AvgIpc) is 2.04. The number of hydrogen-bond donors (Lipinski definition) is 1. The van der Waals surface area contributed by atoms with Crippen LogP contribution in [-0.2, 0) is 0 Å². The third kappa shape index (κ3) is 2.93. The third-order valence-electron chi connectivity index (χ3n) is 3.03. The molecule has 0 aromatic carbocycles. The second-order valence-electron chi connectivity index (χ2n) is 4.28. The van der Waals surface area contributed by atoms with Crippen LogP contribution in [0.15, 0.2) is 0 Å². The minimum atomic E-state index is 0.647. The molecule has 13 heavy (non-hydrogen) atoms. The molecule has 3 heteroatoms. The van der Waals surface area contributed by atoms with Gasteiger partial charge < -0.3 is 10.6 Å². The molecule has 1 fully saturated rings. The zero-order chi connectivity index (χ0) is 9.84. The molecule has 1 aliphatic rings. The number of nitrogens with two attached hydrogens (primary N) is 1. The van der Waals surface area contributed by atoms with E-state index >= 15 is 0 Å². The lowest BCUT2D eigenvalue weighted by Gasteiger charge is -2.41. The first kappa shape index (κ1) is 11.0. The highest BCUT2D eigenvalue weighted by atomic mass is 15.3. The summed E-state index contributed by atoms with van der Waals surface area (Å²) < 4.78 is 0. The van der Waals surface area contributed by atoms with Crippen LogP contribution in [0.1, 0.15) is 20.3 Å². The molecule has 1 heterocycles. The van der Waals surface area contributed by atoms with Gasteiger partial charge in [0.05, 0.1) is 0 Å². The maximum Gasteiger partial charge on any atom is 0.0198 e. The lowest BCUT2D eigenvalue weighted by Crippen LogP contribution is -2.53. The standard InChI is InChI=1S/C10H23N3/c1-9(4-5-11)13-7-6-12(3)8-10(13)2/h9-10H,4-8,11H2,1-3H3. The first-order valence-electron chi connectivity index (χ1n) is 5.29. The van der Waals surface area contributed by atoms with Gasteiger partial charge in [0.1, 0.15) is 0 Å². The van der Waals surface area contributed by atoms with Gasteiger partial charge in [-0.3, -0.25) is 4.90 Å². The van der Waals surface area contributed by atoms with Gasteiger partial charge in [-0.15, -0.1) is 0 Å². The summed E-state index contributed by atoms with van der Waals surface area (Å²) in [7, 11) is 2.20. The molecule has 2 unspecified atom stereocenters. The van der Waals surface area contributed by atoms with E-state index in [1.54, 1.807) is 0 Å². The third-order valence-corrected chi connectivity index (χ3v) is 3.03. The van der Waals surface area contributed by atoms with Gasteiger partial charge >= 0.3 is 0 Å². The molecule has 2 N–H and O–H groups in total. The number of hydrogen-bond acceptors (Lipinski definition) is 3. The van der Waals surface area contributed by atoms with Crippen molar-refractivity contribution in [1.82, 2.24) is 9.80 Å². The van der Waals surface area contributed by atoms with Crippen molar-refractivity contribution in [1.29, 1.82) is 0 Å². The van der Waals surface area contributed by atoms with Crippen LogP contribution in [0, 0.1) is 0 Å². The van der Waals surface area contributed by atoms with E-state index in [1.807, 2.05) is 0 Å². The highest BCUT2D eigenvalue weighted by Gasteiger charge is 2.24. The van der Waals surface area contributed by atoms with Crippen LogP contribution in [0.3, 0.4) is 0 Å². The van der Waals surface area contributed by atoms with Crippen molar-refractivity contribution >= 4 is 0 Å². The van der Waals surface area contributed by atoms with E-state index in [9.17, 15) is 0 Å². The SMILES string of the molecule is CC(CCN)N1CCN(C)CC1C. The molecule has 1 rings (SSSR count). The van der Waals surface area contributed by atoms with Crippen LogP contribution < -0.4 is 5.73 Å². The summed E-state index contributed by atoms with van der Waals surface area (Å²) in [4.78, 5) is 4.98. The van der Waals surface area contributed by atoms with Gasteiger partial charge in [-0.2, -0.15) is 0 Å². The Morgan fingerprint density at radius 3 is 2.69 bits per heavy atom. The number of nitrogens with zero attached hydrogens (tertiary/aromatic N) is 2. The van der Waals surface area contributed by atoms with Crippen molar-refractivity contribution in [2.75, 3.05) is 33.2 Å². The van der Waals surface area contributed by atoms with E-state index < -0.39 is 0 Å². The van der Waals surface area contributed by atoms with Crippen LogP contribution in [0.4, 0.5) is 0 Å². The fourth-order valence-corrected chi connectivity index (χ4v) is 2.22. The molecule has 0 radical (unpaired) electrons. The highest BCUT2D eigenvalue weighted by molar-refractivity contribution is 4.81. The van der Waals surface area contributed by atoms with Crippen molar-refractivity contribution < 1.29 is 0 Å². The Morgan fingerprint density at radius 2 is 2.15 bits per heavy atom. The van der Waals surface area contributed by atoms with Crippen molar-refractivity contribution in [2.45, 2.75) is 32.4 Å². The van der Waals surface area contributed by atoms with Gasteiger partial charge in [0.25, 0.3) is 0 Å². The Labute approximate surface area is 81.9 Å². The minimum absolute atomic E-state index is 0.647. The van der Waals surface area contributed by atoms with E-state index in [0.29, 0.717) is 12.1 Å². The van der Waals surface area contributed by atoms with Gasteiger partial charge in [0, 0.05) is 31.7 Å². The molecule has 1 saturated heterocycles. The second-order valence-corrected chi connectivity index (χ2v) is 4.28. The highest BCUT2D eigenvalue weighted by Crippen LogP contribution is 2.13. The molecule has 3 nitrogen and oxygen atoms in total. The van der Waals surface area contributed by atoms with E-state index in [0.717, 1.165) is 13.0 Å². The van der Waals surface area contributed by atoms with Gasteiger partial charge in [-0.05, 0) is 33.9 Å². The van der Waals surface area contributed by atoms with E-state index in [2.05, 4.69) is 30.7 Å². The molecule has 78 valence electrons. The van der Waals surface area contributed by atoms with Crippen molar-refractivity contribution in [3.63, 3.8) is 0 Å². The minimum Gasteiger partial charge on any atom is -0.330 e. The van der Waals surface area contributed by atoms with E-state index in [4.69, 9.17) is 5.73 Å². The molecule has 0 bridgehead atoms. The lowest BCUT2D eigenvalue weighted by atomic mass is 10.1. The van der Waals surface area contributed by atoms with Crippen molar-refractivity contribution in [2.24, 2.45) is 5.73 Å². The van der Waals surface area contributed by atoms with Crippen LogP contribution in [0.5, 0.6) is 0 Å². The van der Waals surface area contributed by atoms with Crippen LogP contribution in [0.2, 0.25) is 0 Å². The molecule has 1 aliphatic heterocycles. The zero-order valence-electron chi connectivity index (χ0n) is 9.16. The summed E-state index contributed by atoms with van der Waals surface area (Å²) >= 11 is 0. The average molecular weight is 185 g/mol. The fourth-order valence-electron chi connectivity index (χ4n) is 2.22. The summed E-state index contributed by atoms with van der Waals surface area (Å²) in [5.41, 5.74) is 5.57. The summed E-state index contributed by atoms with van der Waals surface area (Å²) in [6.07, 6.45) is 1.12. The molecule has 2 atom stereocenters. The summed E-state index contributed by atoms with van der Waals surface area (Å²) in [5, 5.41) is 0. The summed E-state index contributed by atoms with van der Waals surface area (Å²) in [6, 6.07) is 1.33. The largest absolute Gasteiger partial charge is 0.330 e. The molecule has 0 aromatic rings. The van der Waals surface area contributed by atoms with Gasteiger partial charge in [-0.1, -0.05) is 0 Å². The maximum atomic E-state index is 5.57. The first-order chi connectivity index (χ1) is 6.15. The Kier molecular flexibility index (Phi) is 4.16. The van der Waals surface area contributed by atoms with Gasteiger partial charge in [0.2, 0.25) is 0 Å². The predicted octanol–water partition coefficient (Wildman–Crippen LogP) is 0.360. The van der Waals surface area contributed by atoms with E-state index in [-0.39, 0.29) is 0 Å². The molecule has 0 aliphatic carbocycles. The molecular formula is C10H23N3. The fraction of sp³-hybridized carbons (Fsp3) is 1.00. The normalized spacial score (nSPS) is 29.1. The quantitative estimate of drug-likeness (QED) is 0.689. The van der Waals surface area contributed by atoms with Crippen molar-refractivity contribution in [3.05, 3.63) is 0 Å². The molecule has 0 amide bonds. The van der Waals surface area contributed by atoms with Crippen molar-refractivity contribution in [3.8, 4) is 0 Å².